The van der Waals surface area contributed by atoms with Crippen LogP contribution in [-0.2, 0) is 0 Å². The lowest BCUT2D eigenvalue weighted by atomic mass is 10.1. The molecule has 3 rings (SSSR count). The maximum absolute atomic E-state index is 6.10. The number of benzene rings is 2. The monoisotopic (exact) mass is 305 g/mol. The van der Waals surface area contributed by atoms with Crippen molar-refractivity contribution in [2.75, 3.05) is 16.8 Å². The molecule has 23 heavy (non-hydrogen) atoms. The first-order chi connectivity index (χ1) is 11.0. The number of anilines is 4. The van der Waals surface area contributed by atoms with E-state index in [2.05, 4.69) is 15.3 Å². The highest BCUT2D eigenvalue weighted by atomic mass is 15.1. The molecule has 0 aliphatic heterocycles. The molecule has 0 bridgehead atoms. The summed E-state index contributed by atoms with van der Waals surface area (Å²) in [4.78, 5) is 8.65. The van der Waals surface area contributed by atoms with E-state index in [1.165, 1.54) is 11.1 Å². The zero-order valence-corrected chi connectivity index (χ0v) is 13.2. The van der Waals surface area contributed by atoms with Crippen LogP contribution in [0, 0.1) is 13.8 Å². The van der Waals surface area contributed by atoms with E-state index in [1.807, 2.05) is 62.4 Å². The van der Waals surface area contributed by atoms with Gasteiger partial charge in [0, 0.05) is 5.69 Å². The van der Waals surface area contributed by atoms with E-state index in [-0.39, 0.29) is 0 Å². The standard InChI is InChI=1S/C18H19N5/c1-11-3-7-13(8-4-11)15-16(19)22-18(23-17(15)20)21-14-9-5-12(2)6-10-14/h3-10H,1-2H3,(H5,19,20,21,22,23). The Morgan fingerprint density at radius 1 is 0.739 bits per heavy atom. The van der Waals surface area contributed by atoms with Gasteiger partial charge >= 0.3 is 0 Å². The number of aromatic nitrogens is 2. The molecule has 0 radical (unpaired) electrons. The van der Waals surface area contributed by atoms with Crippen molar-refractivity contribution >= 4 is 23.3 Å². The smallest absolute Gasteiger partial charge is 0.231 e. The van der Waals surface area contributed by atoms with Crippen molar-refractivity contribution in [3.05, 3.63) is 59.7 Å². The lowest BCUT2D eigenvalue weighted by Crippen LogP contribution is -2.06. The zero-order chi connectivity index (χ0) is 16.4. The van der Waals surface area contributed by atoms with Gasteiger partial charge in [0.1, 0.15) is 11.6 Å². The van der Waals surface area contributed by atoms with Crippen LogP contribution in [0.3, 0.4) is 0 Å². The fraction of sp³-hybridized carbons (Fsp3) is 0.111. The summed E-state index contributed by atoms with van der Waals surface area (Å²) >= 11 is 0. The van der Waals surface area contributed by atoms with Gasteiger partial charge in [0.15, 0.2) is 0 Å². The predicted octanol–water partition coefficient (Wildman–Crippen LogP) is 3.67. The van der Waals surface area contributed by atoms with E-state index in [4.69, 9.17) is 11.5 Å². The molecule has 5 nitrogen and oxygen atoms in total. The van der Waals surface area contributed by atoms with Gasteiger partial charge in [0.05, 0.1) is 5.56 Å². The molecular weight excluding hydrogens is 286 g/mol. The fourth-order valence-corrected chi connectivity index (χ4v) is 2.33. The van der Waals surface area contributed by atoms with Crippen LogP contribution in [0.15, 0.2) is 48.5 Å². The number of nitrogens with two attached hydrogens (primary N) is 2. The number of rotatable bonds is 3. The Hall–Kier alpha value is -3.08. The van der Waals surface area contributed by atoms with Gasteiger partial charge in [0.25, 0.3) is 0 Å². The highest BCUT2D eigenvalue weighted by Gasteiger charge is 2.12. The third kappa shape index (κ3) is 3.23. The minimum Gasteiger partial charge on any atom is -0.383 e. The normalized spacial score (nSPS) is 10.5. The molecule has 0 fully saturated rings. The third-order valence-electron chi connectivity index (χ3n) is 3.61. The molecule has 0 saturated carbocycles. The van der Waals surface area contributed by atoms with Gasteiger partial charge in [-0.05, 0) is 31.5 Å². The third-order valence-corrected chi connectivity index (χ3v) is 3.61. The Morgan fingerprint density at radius 2 is 1.22 bits per heavy atom. The van der Waals surface area contributed by atoms with Gasteiger partial charge < -0.3 is 16.8 Å². The zero-order valence-electron chi connectivity index (χ0n) is 13.2. The summed E-state index contributed by atoms with van der Waals surface area (Å²) < 4.78 is 0. The number of aryl methyl sites for hydroxylation is 2. The van der Waals surface area contributed by atoms with Crippen LogP contribution >= 0.6 is 0 Å². The second kappa shape index (κ2) is 5.96. The van der Waals surface area contributed by atoms with Crippen LogP contribution in [0.2, 0.25) is 0 Å². The minimum absolute atomic E-state index is 0.357. The molecule has 1 heterocycles. The molecule has 0 amide bonds. The molecule has 3 aromatic rings. The summed E-state index contributed by atoms with van der Waals surface area (Å²) in [7, 11) is 0. The Balaban J connectivity index is 1.93. The first-order valence-corrected chi connectivity index (χ1v) is 7.36. The minimum atomic E-state index is 0.357. The maximum atomic E-state index is 6.10. The quantitative estimate of drug-likeness (QED) is 0.687. The average molecular weight is 305 g/mol. The van der Waals surface area contributed by atoms with Crippen molar-refractivity contribution in [2.45, 2.75) is 13.8 Å². The van der Waals surface area contributed by atoms with Gasteiger partial charge in [0.2, 0.25) is 5.95 Å². The molecule has 0 aliphatic rings. The average Bonchev–Trinajstić information content (AvgIpc) is 2.51. The predicted molar refractivity (Wildman–Crippen MR) is 95.5 cm³/mol. The first-order valence-electron chi connectivity index (χ1n) is 7.36. The van der Waals surface area contributed by atoms with Crippen molar-refractivity contribution in [3.8, 4) is 11.1 Å². The molecule has 1 aromatic heterocycles. The highest BCUT2D eigenvalue weighted by Crippen LogP contribution is 2.31. The molecule has 0 aliphatic carbocycles. The van der Waals surface area contributed by atoms with Crippen molar-refractivity contribution in [3.63, 3.8) is 0 Å². The summed E-state index contributed by atoms with van der Waals surface area (Å²) in [6.07, 6.45) is 0. The highest BCUT2D eigenvalue weighted by molar-refractivity contribution is 5.83. The Bertz CT molecular complexity index is 800. The Kier molecular flexibility index (Phi) is 3.85. The molecule has 5 heteroatoms. The largest absolute Gasteiger partial charge is 0.383 e. The fourth-order valence-electron chi connectivity index (χ4n) is 2.33. The number of nitrogen functional groups attached to an aromatic ring is 2. The Morgan fingerprint density at radius 3 is 1.74 bits per heavy atom. The van der Waals surface area contributed by atoms with Crippen LogP contribution in [0.4, 0.5) is 23.3 Å². The molecular formula is C18H19N5. The molecule has 2 aromatic carbocycles. The van der Waals surface area contributed by atoms with Crippen LogP contribution in [0.25, 0.3) is 11.1 Å². The second-order valence-corrected chi connectivity index (χ2v) is 5.55. The summed E-state index contributed by atoms with van der Waals surface area (Å²) in [6, 6.07) is 15.9. The van der Waals surface area contributed by atoms with Crippen molar-refractivity contribution in [1.82, 2.24) is 9.97 Å². The number of nitrogens with zero attached hydrogens (tertiary/aromatic N) is 2. The van der Waals surface area contributed by atoms with E-state index in [1.54, 1.807) is 0 Å². The molecule has 0 unspecified atom stereocenters. The summed E-state index contributed by atoms with van der Waals surface area (Å²) in [5.41, 5.74) is 17.0. The molecule has 0 spiro atoms. The number of hydrogen-bond acceptors (Lipinski definition) is 5. The van der Waals surface area contributed by atoms with Gasteiger partial charge in [-0.25, -0.2) is 0 Å². The number of nitrogens with one attached hydrogen (secondary N) is 1. The van der Waals surface area contributed by atoms with Crippen molar-refractivity contribution in [1.29, 1.82) is 0 Å². The lowest BCUT2D eigenvalue weighted by molar-refractivity contribution is 1.18. The van der Waals surface area contributed by atoms with E-state index in [9.17, 15) is 0 Å². The topological polar surface area (TPSA) is 89.8 Å². The van der Waals surface area contributed by atoms with Crippen LogP contribution < -0.4 is 16.8 Å². The summed E-state index contributed by atoms with van der Waals surface area (Å²) in [5.74, 6) is 1.10. The van der Waals surface area contributed by atoms with Gasteiger partial charge in [-0.2, -0.15) is 9.97 Å². The van der Waals surface area contributed by atoms with Crippen molar-refractivity contribution in [2.24, 2.45) is 0 Å². The van der Waals surface area contributed by atoms with E-state index < -0.39 is 0 Å². The second-order valence-electron chi connectivity index (χ2n) is 5.55. The Labute approximate surface area is 135 Å². The lowest BCUT2D eigenvalue weighted by Gasteiger charge is -2.12. The first kappa shape index (κ1) is 14.8. The van der Waals surface area contributed by atoms with Gasteiger partial charge in [-0.15, -0.1) is 0 Å². The molecule has 0 atom stereocenters. The molecule has 5 N–H and O–H groups in total. The molecule has 116 valence electrons. The molecule has 0 saturated heterocycles. The van der Waals surface area contributed by atoms with Crippen LogP contribution in [-0.4, -0.2) is 9.97 Å². The number of hydrogen-bond donors (Lipinski definition) is 3. The maximum Gasteiger partial charge on any atom is 0.231 e. The summed E-state index contributed by atoms with van der Waals surface area (Å²) in [6.45, 7) is 4.06. The van der Waals surface area contributed by atoms with E-state index in [0.717, 1.165) is 11.3 Å². The van der Waals surface area contributed by atoms with E-state index in [0.29, 0.717) is 23.1 Å². The van der Waals surface area contributed by atoms with Crippen LogP contribution in [0.1, 0.15) is 11.1 Å². The van der Waals surface area contributed by atoms with Crippen molar-refractivity contribution < 1.29 is 0 Å². The van der Waals surface area contributed by atoms with Gasteiger partial charge in [-0.3, -0.25) is 0 Å². The van der Waals surface area contributed by atoms with Crippen LogP contribution in [0.5, 0.6) is 0 Å². The summed E-state index contributed by atoms with van der Waals surface area (Å²) in [5, 5.41) is 3.12. The SMILES string of the molecule is Cc1ccc(Nc2nc(N)c(-c3ccc(C)cc3)c(N)n2)cc1. The van der Waals surface area contributed by atoms with E-state index >= 15 is 0 Å². The van der Waals surface area contributed by atoms with Gasteiger partial charge in [-0.1, -0.05) is 47.5 Å².